The summed E-state index contributed by atoms with van der Waals surface area (Å²) < 4.78 is 6.25. The predicted octanol–water partition coefficient (Wildman–Crippen LogP) is 2.40. The van der Waals surface area contributed by atoms with Crippen LogP contribution >= 0.6 is 0 Å². The van der Waals surface area contributed by atoms with Crippen LogP contribution < -0.4 is 10.1 Å². The van der Waals surface area contributed by atoms with E-state index in [9.17, 15) is 19.8 Å². The second-order valence-corrected chi connectivity index (χ2v) is 10.7. The highest BCUT2D eigenvalue weighted by atomic mass is 16.5. The van der Waals surface area contributed by atoms with Crippen LogP contribution in [0.5, 0.6) is 5.88 Å². The number of nitrogens with zero attached hydrogens (tertiary/aromatic N) is 3. The van der Waals surface area contributed by atoms with Gasteiger partial charge in [0.2, 0.25) is 5.88 Å². The van der Waals surface area contributed by atoms with Gasteiger partial charge in [-0.2, -0.15) is 0 Å². The molecule has 9 nitrogen and oxygen atoms in total. The molecule has 1 aliphatic carbocycles. The molecule has 2 heterocycles. The van der Waals surface area contributed by atoms with Crippen LogP contribution in [0.4, 0.5) is 4.79 Å². The molecule has 0 aromatic carbocycles. The molecule has 0 unspecified atom stereocenters. The van der Waals surface area contributed by atoms with Crippen molar-refractivity contribution < 1.29 is 24.5 Å². The third kappa shape index (κ3) is 7.34. The van der Waals surface area contributed by atoms with Crippen molar-refractivity contribution in [2.24, 2.45) is 5.92 Å². The van der Waals surface area contributed by atoms with Crippen molar-refractivity contribution in [3.05, 3.63) is 23.4 Å². The number of nitrogens with one attached hydrogen (secondary N) is 1. The number of amides is 3. The van der Waals surface area contributed by atoms with E-state index in [-0.39, 0.29) is 41.9 Å². The predicted molar refractivity (Wildman–Crippen MR) is 137 cm³/mol. The number of aromatic nitrogens is 1. The number of carbonyl (C=O) groups excluding carboxylic acids is 2. The molecular weight excluding hydrogens is 460 g/mol. The number of carbonyl (C=O) groups is 2. The number of aliphatic hydroxyl groups excluding tert-OH is 1. The zero-order chi connectivity index (χ0) is 26.5. The molecule has 2 aliphatic rings. The van der Waals surface area contributed by atoms with E-state index in [1.165, 1.54) is 12.6 Å². The first-order valence-corrected chi connectivity index (χ1v) is 12.8. The van der Waals surface area contributed by atoms with Gasteiger partial charge in [-0.05, 0) is 39.7 Å². The van der Waals surface area contributed by atoms with Gasteiger partial charge in [-0.25, -0.2) is 9.78 Å². The van der Waals surface area contributed by atoms with Gasteiger partial charge < -0.3 is 30.1 Å². The first-order valence-electron chi connectivity index (χ1n) is 12.8. The van der Waals surface area contributed by atoms with Crippen LogP contribution in [0.3, 0.4) is 0 Å². The van der Waals surface area contributed by atoms with Crippen LogP contribution in [0.2, 0.25) is 0 Å². The van der Waals surface area contributed by atoms with Gasteiger partial charge >= 0.3 is 6.03 Å². The topological polar surface area (TPSA) is 115 Å². The maximum atomic E-state index is 13.5. The molecule has 1 saturated carbocycles. The maximum absolute atomic E-state index is 13.5. The molecule has 0 radical (unpaired) electrons. The van der Waals surface area contributed by atoms with E-state index in [0.717, 1.165) is 25.7 Å². The standard InChI is InChI=1S/C27H40N4O5/c1-18-15-31(19(2)17-32)25(33)22-13-20(11-12-27(3,4)35)14-28-24(22)36-23(18)16-30(5)26(34)29-21-9-7-6-8-10-21/h13-14,18-19,21,23,32,35H,6-10,15-17H2,1-5H3,(H,29,34)/t18-,19+,23-/m0/s1. The number of ether oxygens (including phenoxy) is 1. The van der Waals surface area contributed by atoms with Crippen LogP contribution in [0.25, 0.3) is 0 Å². The van der Waals surface area contributed by atoms with E-state index in [0.29, 0.717) is 18.7 Å². The average molecular weight is 501 g/mol. The molecule has 36 heavy (non-hydrogen) atoms. The Morgan fingerprint density at radius 2 is 2.06 bits per heavy atom. The van der Waals surface area contributed by atoms with Crippen molar-refractivity contribution in [1.82, 2.24) is 20.1 Å². The highest BCUT2D eigenvalue weighted by Gasteiger charge is 2.35. The van der Waals surface area contributed by atoms with Gasteiger partial charge in [-0.1, -0.05) is 38.0 Å². The van der Waals surface area contributed by atoms with Gasteiger partial charge in [0.25, 0.3) is 5.91 Å². The Kier molecular flexibility index (Phi) is 9.20. The van der Waals surface area contributed by atoms with Gasteiger partial charge in [0, 0.05) is 37.3 Å². The van der Waals surface area contributed by atoms with Crippen LogP contribution in [-0.4, -0.2) is 87.5 Å². The van der Waals surface area contributed by atoms with Crippen molar-refractivity contribution >= 4 is 11.9 Å². The van der Waals surface area contributed by atoms with E-state index in [2.05, 4.69) is 22.1 Å². The summed E-state index contributed by atoms with van der Waals surface area (Å²) in [7, 11) is 1.75. The first kappa shape index (κ1) is 27.8. The quantitative estimate of drug-likeness (QED) is 0.535. The fourth-order valence-electron chi connectivity index (χ4n) is 4.50. The van der Waals surface area contributed by atoms with Gasteiger partial charge in [-0.15, -0.1) is 0 Å². The molecule has 3 rings (SSSR count). The third-order valence-electron chi connectivity index (χ3n) is 6.77. The number of likely N-dealkylation sites (N-methyl/N-ethyl adjacent to an activating group) is 1. The smallest absolute Gasteiger partial charge is 0.317 e. The third-order valence-corrected chi connectivity index (χ3v) is 6.77. The van der Waals surface area contributed by atoms with Crippen molar-refractivity contribution in [1.29, 1.82) is 0 Å². The number of pyridine rings is 1. The summed E-state index contributed by atoms with van der Waals surface area (Å²) in [6, 6.07) is 1.26. The zero-order valence-electron chi connectivity index (χ0n) is 22.1. The Morgan fingerprint density at radius 1 is 1.36 bits per heavy atom. The number of rotatable bonds is 5. The summed E-state index contributed by atoms with van der Waals surface area (Å²) in [5, 5.41) is 22.9. The molecule has 198 valence electrons. The number of hydrogen-bond acceptors (Lipinski definition) is 6. The van der Waals surface area contributed by atoms with Crippen LogP contribution in [0.1, 0.15) is 75.7 Å². The van der Waals surface area contributed by atoms with Crippen LogP contribution in [0, 0.1) is 17.8 Å². The van der Waals surface area contributed by atoms with Crippen molar-refractivity contribution in [3.8, 4) is 17.7 Å². The molecule has 9 heteroatoms. The monoisotopic (exact) mass is 500 g/mol. The molecule has 3 atom stereocenters. The number of hydrogen-bond donors (Lipinski definition) is 3. The lowest BCUT2D eigenvalue weighted by molar-refractivity contribution is 0.0351. The van der Waals surface area contributed by atoms with Crippen molar-refractivity contribution in [2.45, 2.75) is 83.6 Å². The minimum absolute atomic E-state index is 0.127. The molecule has 1 aromatic rings. The fraction of sp³-hybridized carbons (Fsp3) is 0.667. The second-order valence-electron chi connectivity index (χ2n) is 10.7. The molecule has 1 aromatic heterocycles. The summed E-state index contributed by atoms with van der Waals surface area (Å²) >= 11 is 0. The lowest BCUT2D eigenvalue weighted by atomic mass is 9.96. The number of fused-ring (bicyclic) bond motifs is 1. The molecule has 3 amide bonds. The maximum Gasteiger partial charge on any atom is 0.317 e. The highest BCUT2D eigenvalue weighted by molar-refractivity contribution is 5.97. The average Bonchev–Trinajstić information content (AvgIpc) is 2.84. The summed E-state index contributed by atoms with van der Waals surface area (Å²) in [6.45, 7) is 7.39. The summed E-state index contributed by atoms with van der Waals surface area (Å²) in [5.74, 6) is 5.32. The Bertz CT molecular complexity index is 990. The van der Waals surface area contributed by atoms with Gasteiger partial charge in [0.1, 0.15) is 17.3 Å². The highest BCUT2D eigenvalue weighted by Crippen LogP contribution is 2.27. The Balaban J connectivity index is 1.86. The van der Waals surface area contributed by atoms with Gasteiger partial charge in [-0.3, -0.25) is 4.79 Å². The molecule has 1 aliphatic heterocycles. The summed E-state index contributed by atoms with van der Waals surface area (Å²) in [6.07, 6.45) is 6.57. The minimum atomic E-state index is -1.19. The van der Waals surface area contributed by atoms with Gasteiger partial charge in [0.15, 0.2) is 0 Å². The number of aliphatic hydroxyl groups is 2. The van der Waals surface area contributed by atoms with Crippen LogP contribution in [0.15, 0.2) is 12.3 Å². The number of urea groups is 1. The van der Waals surface area contributed by atoms with E-state index >= 15 is 0 Å². The molecule has 0 bridgehead atoms. The molecule has 1 fully saturated rings. The fourth-order valence-corrected chi connectivity index (χ4v) is 4.50. The molecule has 3 N–H and O–H groups in total. The lowest BCUT2D eigenvalue weighted by Gasteiger charge is -2.38. The van der Waals surface area contributed by atoms with E-state index < -0.39 is 17.7 Å². The van der Waals surface area contributed by atoms with Crippen LogP contribution in [-0.2, 0) is 0 Å². The molecule has 0 spiro atoms. The lowest BCUT2D eigenvalue weighted by Crippen LogP contribution is -2.52. The van der Waals surface area contributed by atoms with E-state index in [1.54, 1.807) is 43.7 Å². The van der Waals surface area contributed by atoms with Crippen molar-refractivity contribution in [3.63, 3.8) is 0 Å². The summed E-state index contributed by atoms with van der Waals surface area (Å²) in [4.78, 5) is 34.0. The largest absolute Gasteiger partial charge is 0.472 e. The molecular formula is C27H40N4O5. The first-order chi connectivity index (χ1) is 17.0. The van der Waals surface area contributed by atoms with E-state index in [1.807, 2.05) is 6.92 Å². The van der Waals surface area contributed by atoms with Gasteiger partial charge in [0.05, 0.1) is 19.2 Å². The normalized spacial score (nSPS) is 21.8. The molecule has 0 saturated heterocycles. The Hall–Kier alpha value is -2.83. The Labute approximate surface area is 214 Å². The second kappa shape index (κ2) is 11.9. The SMILES string of the molecule is C[C@H](CO)N1C[C@H](C)[C@H](CN(C)C(=O)NC2CCCCC2)Oc2ncc(C#CC(C)(C)O)cc2C1=O. The Morgan fingerprint density at radius 3 is 2.69 bits per heavy atom. The van der Waals surface area contributed by atoms with E-state index in [4.69, 9.17) is 4.74 Å². The van der Waals surface area contributed by atoms with Crippen molar-refractivity contribution in [2.75, 3.05) is 26.7 Å². The zero-order valence-corrected chi connectivity index (χ0v) is 22.1. The summed E-state index contributed by atoms with van der Waals surface area (Å²) in [5.41, 5.74) is -0.478. The minimum Gasteiger partial charge on any atom is -0.472 e.